The minimum Gasteiger partial charge on any atom is -0.306 e. The third kappa shape index (κ3) is 3.25. The van der Waals surface area contributed by atoms with Crippen molar-refractivity contribution < 1.29 is 9.59 Å². The number of carbonyl (C=O) groups is 2. The number of carbonyl (C=O) groups excluding carboxylic acids is 2. The van der Waals surface area contributed by atoms with Gasteiger partial charge < -0.3 is 5.32 Å². The molecule has 0 aliphatic carbocycles. The molecule has 0 atom stereocenters. The van der Waals surface area contributed by atoms with Crippen molar-refractivity contribution in [1.29, 1.82) is 0 Å². The highest BCUT2D eigenvalue weighted by Crippen LogP contribution is 2.15. The van der Waals surface area contributed by atoms with Crippen LogP contribution in [0.2, 0.25) is 0 Å². The Balaban J connectivity index is 1.99. The molecule has 7 heteroatoms. The van der Waals surface area contributed by atoms with Gasteiger partial charge in [0.05, 0.1) is 12.3 Å². The van der Waals surface area contributed by atoms with Crippen LogP contribution in [0.5, 0.6) is 0 Å². The fourth-order valence-electron chi connectivity index (χ4n) is 1.86. The van der Waals surface area contributed by atoms with Gasteiger partial charge in [-0.2, -0.15) is 5.10 Å². The maximum Gasteiger partial charge on any atom is 0.356 e. The summed E-state index contributed by atoms with van der Waals surface area (Å²) in [6.45, 7) is 5.91. The first-order chi connectivity index (χ1) is 9.45. The lowest BCUT2D eigenvalue weighted by molar-refractivity contribution is 0.177. The summed E-state index contributed by atoms with van der Waals surface area (Å²) in [5.74, 6) is 0. The molecule has 1 heterocycles. The van der Waals surface area contributed by atoms with E-state index in [1.165, 1.54) is 5.01 Å². The molecule has 3 N–H and O–H groups in total. The summed E-state index contributed by atoms with van der Waals surface area (Å²) in [6.07, 6.45) is 0. The van der Waals surface area contributed by atoms with Crippen molar-refractivity contribution in [3.63, 3.8) is 0 Å². The van der Waals surface area contributed by atoms with E-state index in [4.69, 9.17) is 0 Å². The number of urea groups is 2. The second-order valence-corrected chi connectivity index (χ2v) is 4.73. The van der Waals surface area contributed by atoms with Gasteiger partial charge in [-0.1, -0.05) is 17.7 Å². The molecule has 0 fully saturated rings. The molecule has 106 valence electrons. The molecule has 1 aliphatic rings. The van der Waals surface area contributed by atoms with Gasteiger partial charge in [-0.3, -0.25) is 0 Å². The SMILES string of the molecule is CC1=NNC(=O)N(NC(=O)Nc2ccc(C)cc2C)C1. The summed E-state index contributed by atoms with van der Waals surface area (Å²) >= 11 is 0. The average molecular weight is 275 g/mol. The van der Waals surface area contributed by atoms with Crippen LogP contribution in [0.3, 0.4) is 0 Å². The smallest absolute Gasteiger partial charge is 0.306 e. The number of hydrogen-bond acceptors (Lipinski definition) is 3. The molecule has 0 spiro atoms. The number of anilines is 1. The first-order valence-electron chi connectivity index (χ1n) is 6.21. The highest BCUT2D eigenvalue weighted by atomic mass is 16.2. The van der Waals surface area contributed by atoms with Gasteiger partial charge in [0.2, 0.25) is 0 Å². The zero-order valence-corrected chi connectivity index (χ0v) is 11.7. The largest absolute Gasteiger partial charge is 0.356 e. The van der Waals surface area contributed by atoms with Gasteiger partial charge in [0, 0.05) is 5.69 Å². The van der Waals surface area contributed by atoms with Crippen molar-refractivity contribution in [2.24, 2.45) is 5.10 Å². The normalized spacial score (nSPS) is 14.4. The number of rotatable bonds is 2. The molecule has 0 radical (unpaired) electrons. The van der Waals surface area contributed by atoms with E-state index in [1.54, 1.807) is 6.92 Å². The van der Waals surface area contributed by atoms with Crippen molar-refractivity contribution in [2.75, 3.05) is 11.9 Å². The number of hydrogen-bond donors (Lipinski definition) is 3. The Morgan fingerprint density at radius 2 is 2.10 bits per heavy atom. The highest BCUT2D eigenvalue weighted by Gasteiger charge is 2.20. The van der Waals surface area contributed by atoms with Gasteiger partial charge in [-0.25, -0.2) is 25.4 Å². The molecular weight excluding hydrogens is 258 g/mol. The van der Waals surface area contributed by atoms with Crippen LogP contribution in [0, 0.1) is 13.8 Å². The molecule has 20 heavy (non-hydrogen) atoms. The van der Waals surface area contributed by atoms with E-state index in [2.05, 4.69) is 21.3 Å². The fourth-order valence-corrected chi connectivity index (χ4v) is 1.86. The van der Waals surface area contributed by atoms with Gasteiger partial charge in [-0.15, -0.1) is 0 Å². The molecule has 0 saturated heterocycles. The molecular formula is C13H17N5O2. The Hall–Kier alpha value is -2.57. The summed E-state index contributed by atoms with van der Waals surface area (Å²) in [4.78, 5) is 23.4. The molecule has 0 bridgehead atoms. The van der Waals surface area contributed by atoms with Crippen LogP contribution in [0.1, 0.15) is 18.1 Å². The number of aryl methyl sites for hydroxylation is 2. The van der Waals surface area contributed by atoms with E-state index in [9.17, 15) is 9.59 Å². The summed E-state index contributed by atoms with van der Waals surface area (Å²) in [6, 6.07) is 4.77. The minimum absolute atomic E-state index is 0.256. The summed E-state index contributed by atoms with van der Waals surface area (Å²) in [5, 5.41) is 7.66. The van der Waals surface area contributed by atoms with Crippen LogP contribution < -0.4 is 16.2 Å². The van der Waals surface area contributed by atoms with E-state index in [0.717, 1.165) is 11.1 Å². The lowest BCUT2D eigenvalue weighted by Gasteiger charge is -2.25. The third-order valence-corrected chi connectivity index (χ3v) is 2.84. The maximum atomic E-state index is 11.9. The van der Waals surface area contributed by atoms with E-state index in [0.29, 0.717) is 11.4 Å². The molecule has 1 aromatic rings. The second kappa shape index (κ2) is 5.60. The molecule has 4 amide bonds. The van der Waals surface area contributed by atoms with Gasteiger partial charge in [0.25, 0.3) is 0 Å². The second-order valence-electron chi connectivity index (χ2n) is 4.73. The van der Waals surface area contributed by atoms with Crippen LogP contribution >= 0.6 is 0 Å². The predicted molar refractivity (Wildman–Crippen MR) is 76.4 cm³/mol. The van der Waals surface area contributed by atoms with Crippen molar-refractivity contribution in [1.82, 2.24) is 15.9 Å². The van der Waals surface area contributed by atoms with Gasteiger partial charge in [0.1, 0.15) is 0 Å². The van der Waals surface area contributed by atoms with Crippen molar-refractivity contribution >= 4 is 23.5 Å². The van der Waals surface area contributed by atoms with Gasteiger partial charge in [-0.05, 0) is 32.4 Å². The molecule has 7 nitrogen and oxygen atoms in total. The lowest BCUT2D eigenvalue weighted by atomic mass is 10.1. The number of hydrazine groups is 1. The Labute approximate surface area is 117 Å². The average Bonchev–Trinajstić information content (AvgIpc) is 2.37. The molecule has 1 aromatic carbocycles. The number of nitrogens with one attached hydrogen (secondary N) is 3. The quantitative estimate of drug-likeness (QED) is 0.768. The van der Waals surface area contributed by atoms with Crippen molar-refractivity contribution in [3.05, 3.63) is 29.3 Å². The molecule has 1 aliphatic heterocycles. The topological polar surface area (TPSA) is 85.8 Å². The van der Waals surface area contributed by atoms with Crippen LogP contribution in [0.25, 0.3) is 0 Å². The molecule has 0 unspecified atom stereocenters. The summed E-state index contributed by atoms with van der Waals surface area (Å²) < 4.78 is 0. The van der Waals surface area contributed by atoms with Crippen molar-refractivity contribution in [3.8, 4) is 0 Å². The van der Waals surface area contributed by atoms with Crippen LogP contribution in [-0.4, -0.2) is 29.3 Å². The minimum atomic E-state index is -0.471. The van der Waals surface area contributed by atoms with E-state index in [1.807, 2.05) is 32.0 Å². The molecule has 0 saturated carbocycles. The van der Waals surface area contributed by atoms with E-state index in [-0.39, 0.29) is 6.54 Å². The van der Waals surface area contributed by atoms with Gasteiger partial charge >= 0.3 is 12.1 Å². The Morgan fingerprint density at radius 3 is 2.80 bits per heavy atom. The Bertz CT molecular complexity index is 582. The van der Waals surface area contributed by atoms with Crippen molar-refractivity contribution in [2.45, 2.75) is 20.8 Å². The summed E-state index contributed by atoms with van der Waals surface area (Å²) in [5.41, 5.74) is 8.27. The Morgan fingerprint density at radius 1 is 1.35 bits per heavy atom. The molecule has 0 aromatic heterocycles. The fraction of sp³-hybridized carbons (Fsp3) is 0.308. The highest BCUT2D eigenvalue weighted by molar-refractivity contribution is 5.95. The van der Waals surface area contributed by atoms with Crippen LogP contribution in [-0.2, 0) is 0 Å². The van der Waals surface area contributed by atoms with E-state index >= 15 is 0 Å². The number of amides is 4. The monoisotopic (exact) mass is 275 g/mol. The molecule has 2 rings (SSSR count). The van der Waals surface area contributed by atoms with Crippen LogP contribution in [0.15, 0.2) is 23.3 Å². The standard InChI is InChI=1S/C13H17N5O2/c1-8-4-5-11(9(2)6-8)14-12(19)17-18-7-10(3)15-16-13(18)20/h4-6H,7H2,1-3H3,(H,16,20)(H2,14,17,19). The van der Waals surface area contributed by atoms with E-state index < -0.39 is 12.1 Å². The number of benzene rings is 1. The maximum absolute atomic E-state index is 11.9. The lowest BCUT2D eigenvalue weighted by Crippen LogP contribution is -2.55. The third-order valence-electron chi connectivity index (χ3n) is 2.84. The number of nitrogens with zero attached hydrogens (tertiary/aromatic N) is 2. The first kappa shape index (κ1) is 13.9. The zero-order valence-electron chi connectivity index (χ0n) is 11.7. The van der Waals surface area contributed by atoms with Crippen LogP contribution in [0.4, 0.5) is 15.3 Å². The Kier molecular flexibility index (Phi) is 3.88. The predicted octanol–water partition coefficient (Wildman–Crippen LogP) is 1.74. The first-order valence-corrected chi connectivity index (χ1v) is 6.21. The zero-order chi connectivity index (χ0) is 14.7. The van der Waals surface area contributed by atoms with Gasteiger partial charge in [0.15, 0.2) is 0 Å². The summed E-state index contributed by atoms with van der Waals surface area (Å²) in [7, 11) is 0. The number of hydrazone groups is 1.